The third-order valence-corrected chi connectivity index (χ3v) is 4.92. The summed E-state index contributed by atoms with van der Waals surface area (Å²) in [6.07, 6.45) is 1.64. The highest BCUT2D eigenvalue weighted by atomic mass is 32.2. The zero-order valence-electron chi connectivity index (χ0n) is 14.6. The van der Waals surface area contributed by atoms with Gasteiger partial charge in [-0.1, -0.05) is 6.07 Å². The van der Waals surface area contributed by atoms with Gasteiger partial charge in [-0.2, -0.15) is 10.1 Å². The van der Waals surface area contributed by atoms with Gasteiger partial charge in [-0.3, -0.25) is 4.79 Å². The van der Waals surface area contributed by atoms with Crippen molar-refractivity contribution in [2.45, 2.75) is 11.8 Å². The minimum absolute atomic E-state index is 0.000593. The van der Waals surface area contributed by atoms with E-state index in [-0.39, 0.29) is 16.6 Å². The van der Waals surface area contributed by atoms with Crippen LogP contribution in [0.15, 0.2) is 58.0 Å². The predicted molar refractivity (Wildman–Crippen MR) is 101 cm³/mol. The Morgan fingerprint density at radius 2 is 1.85 bits per heavy atom. The lowest BCUT2D eigenvalue weighted by molar-refractivity contribution is -0.114. The number of rotatable bonds is 4. The van der Waals surface area contributed by atoms with Crippen LogP contribution in [0, 0.1) is 0 Å². The quantitative estimate of drug-likeness (QED) is 0.775. The van der Waals surface area contributed by atoms with Crippen molar-refractivity contribution in [1.82, 2.24) is 0 Å². The number of nitrogens with zero attached hydrogens (tertiary/aromatic N) is 2. The van der Waals surface area contributed by atoms with E-state index in [1.165, 1.54) is 42.5 Å². The second kappa shape index (κ2) is 6.86. The molecule has 1 aliphatic heterocycles. The molecule has 2 aromatic carbocycles. The number of hydrogen-bond donors (Lipinski definition) is 2. The van der Waals surface area contributed by atoms with Crippen molar-refractivity contribution in [2.75, 3.05) is 12.1 Å². The van der Waals surface area contributed by atoms with Crippen LogP contribution in [-0.2, 0) is 14.8 Å². The third-order valence-electron chi connectivity index (χ3n) is 3.99. The first-order valence-corrected chi connectivity index (χ1v) is 9.37. The van der Waals surface area contributed by atoms with E-state index in [4.69, 9.17) is 9.88 Å². The van der Waals surface area contributed by atoms with Crippen LogP contribution < -0.4 is 14.9 Å². The van der Waals surface area contributed by atoms with Gasteiger partial charge in [0.15, 0.2) is 11.5 Å². The average molecular weight is 387 g/mol. The van der Waals surface area contributed by atoms with Gasteiger partial charge >= 0.3 is 0 Å². The Bertz CT molecular complexity index is 1070. The lowest BCUT2D eigenvalue weighted by atomic mass is 10.1. The predicted octanol–water partition coefficient (Wildman–Crippen LogP) is 1.85. The van der Waals surface area contributed by atoms with Gasteiger partial charge in [0.05, 0.1) is 29.0 Å². The molecule has 0 saturated heterocycles. The number of phenols is 1. The van der Waals surface area contributed by atoms with Gasteiger partial charge in [-0.05, 0) is 55.0 Å². The Morgan fingerprint density at radius 3 is 2.44 bits per heavy atom. The first-order chi connectivity index (χ1) is 12.7. The number of nitrogens with two attached hydrogens (primary N) is 1. The van der Waals surface area contributed by atoms with E-state index in [2.05, 4.69) is 5.10 Å². The summed E-state index contributed by atoms with van der Waals surface area (Å²) in [7, 11) is -2.38. The number of methoxy groups -OCH3 is 1. The van der Waals surface area contributed by atoms with Crippen LogP contribution in [0.5, 0.6) is 11.5 Å². The molecule has 0 unspecified atom stereocenters. The lowest BCUT2D eigenvalue weighted by Crippen LogP contribution is -2.21. The molecular formula is C18H17N3O5S. The summed E-state index contributed by atoms with van der Waals surface area (Å²) in [6, 6.07) is 10.3. The normalized spacial score (nSPS) is 16.0. The maximum absolute atomic E-state index is 12.7. The Hall–Kier alpha value is -3.17. The fourth-order valence-corrected chi connectivity index (χ4v) is 3.10. The second-order valence-electron chi connectivity index (χ2n) is 5.83. The molecule has 1 aliphatic rings. The van der Waals surface area contributed by atoms with Crippen LogP contribution in [0.2, 0.25) is 0 Å². The summed E-state index contributed by atoms with van der Waals surface area (Å²) in [6.45, 7) is 1.69. The lowest BCUT2D eigenvalue weighted by Gasteiger charge is -2.12. The first-order valence-electron chi connectivity index (χ1n) is 7.82. The number of amides is 1. The highest BCUT2D eigenvalue weighted by molar-refractivity contribution is 7.89. The van der Waals surface area contributed by atoms with E-state index in [1.807, 2.05) is 0 Å². The fourth-order valence-electron chi connectivity index (χ4n) is 2.59. The Balaban J connectivity index is 1.92. The number of aromatic hydroxyl groups is 1. The molecule has 3 rings (SSSR count). The summed E-state index contributed by atoms with van der Waals surface area (Å²) >= 11 is 0. The van der Waals surface area contributed by atoms with Crippen LogP contribution in [0.4, 0.5) is 5.69 Å². The van der Waals surface area contributed by atoms with Crippen molar-refractivity contribution >= 4 is 33.4 Å². The summed E-state index contributed by atoms with van der Waals surface area (Å²) in [4.78, 5) is 12.7. The number of hydrazone groups is 1. The van der Waals surface area contributed by atoms with Crippen molar-refractivity contribution < 1.29 is 23.1 Å². The van der Waals surface area contributed by atoms with Crippen molar-refractivity contribution in [3.63, 3.8) is 0 Å². The first kappa shape index (κ1) is 18.6. The third kappa shape index (κ3) is 3.69. The number of carbonyl (C=O) groups excluding carboxylic acids is 1. The van der Waals surface area contributed by atoms with Crippen LogP contribution >= 0.6 is 0 Å². The van der Waals surface area contributed by atoms with E-state index in [1.54, 1.807) is 25.1 Å². The molecule has 2 aromatic rings. The zero-order valence-corrected chi connectivity index (χ0v) is 15.4. The summed E-state index contributed by atoms with van der Waals surface area (Å²) < 4.78 is 27.8. The Morgan fingerprint density at radius 1 is 1.19 bits per heavy atom. The smallest absolute Gasteiger partial charge is 0.280 e. The number of benzene rings is 2. The molecule has 9 heteroatoms. The van der Waals surface area contributed by atoms with Crippen LogP contribution in [0.3, 0.4) is 0 Å². The summed E-state index contributed by atoms with van der Waals surface area (Å²) in [5.41, 5.74) is 1.95. The standard InChI is InChI=1S/C18H17N3O5S/c1-11-15(9-12-3-8-16(22)17(10-12)26-2)18(23)21(20-11)13-4-6-14(7-5-13)27(19,24)25/h3-10,22H,1-2H3,(H2,19,24,25)/b15-9+. The zero-order chi connectivity index (χ0) is 19.8. The Labute approximate surface area is 156 Å². The number of phenolic OH excluding ortho intramolecular Hbond substituents is 1. The van der Waals surface area contributed by atoms with Gasteiger partial charge < -0.3 is 9.84 Å². The van der Waals surface area contributed by atoms with Gasteiger partial charge in [-0.15, -0.1) is 0 Å². The molecule has 140 valence electrons. The highest BCUT2D eigenvalue weighted by Crippen LogP contribution is 2.29. The van der Waals surface area contributed by atoms with Crippen LogP contribution in [0.1, 0.15) is 12.5 Å². The van der Waals surface area contributed by atoms with Crippen LogP contribution in [0.25, 0.3) is 6.08 Å². The molecule has 0 spiro atoms. The Kier molecular flexibility index (Phi) is 4.73. The monoisotopic (exact) mass is 387 g/mol. The van der Waals surface area contributed by atoms with E-state index in [0.29, 0.717) is 28.3 Å². The maximum atomic E-state index is 12.7. The van der Waals surface area contributed by atoms with E-state index in [0.717, 1.165) is 0 Å². The maximum Gasteiger partial charge on any atom is 0.280 e. The molecule has 0 aliphatic carbocycles. The van der Waals surface area contributed by atoms with E-state index >= 15 is 0 Å². The number of hydrogen-bond acceptors (Lipinski definition) is 6. The minimum atomic E-state index is -3.81. The number of anilines is 1. The highest BCUT2D eigenvalue weighted by Gasteiger charge is 2.29. The van der Waals surface area contributed by atoms with Crippen molar-refractivity contribution in [3.8, 4) is 11.5 Å². The van der Waals surface area contributed by atoms with Gasteiger partial charge in [0.1, 0.15) is 0 Å². The number of ether oxygens (including phenoxy) is 1. The summed E-state index contributed by atoms with van der Waals surface area (Å²) in [5, 5.41) is 20.2. The second-order valence-corrected chi connectivity index (χ2v) is 7.39. The fraction of sp³-hybridized carbons (Fsp3) is 0.111. The molecule has 27 heavy (non-hydrogen) atoms. The molecule has 1 amide bonds. The molecule has 1 heterocycles. The molecule has 0 saturated carbocycles. The van der Waals surface area contributed by atoms with E-state index < -0.39 is 10.0 Å². The molecule has 0 radical (unpaired) electrons. The van der Waals surface area contributed by atoms with E-state index in [9.17, 15) is 18.3 Å². The molecular weight excluding hydrogens is 370 g/mol. The number of primary sulfonamides is 1. The van der Waals surface area contributed by atoms with Crippen molar-refractivity contribution in [2.24, 2.45) is 10.2 Å². The molecule has 8 nitrogen and oxygen atoms in total. The van der Waals surface area contributed by atoms with Gasteiger partial charge in [0.2, 0.25) is 10.0 Å². The van der Waals surface area contributed by atoms with Gasteiger partial charge in [-0.25, -0.2) is 13.6 Å². The average Bonchev–Trinajstić information content (AvgIpc) is 2.90. The van der Waals surface area contributed by atoms with Crippen molar-refractivity contribution in [3.05, 3.63) is 53.6 Å². The molecule has 3 N–H and O–H groups in total. The summed E-state index contributed by atoms with van der Waals surface area (Å²) in [5.74, 6) is -0.0675. The molecule has 0 bridgehead atoms. The molecule has 0 atom stereocenters. The minimum Gasteiger partial charge on any atom is -0.504 e. The number of sulfonamides is 1. The van der Waals surface area contributed by atoms with Crippen LogP contribution in [-0.4, -0.2) is 32.3 Å². The molecule has 0 fully saturated rings. The SMILES string of the molecule is COc1cc(/C=C2/C(=O)N(c3ccc(S(N)(=O)=O)cc3)N=C2C)ccc1O. The topological polar surface area (TPSA) is 122 Å². The van der Waals surface area contributed by atoms with Gasteiger partial charge in [0, 0.05) is 0 Å². The largest absolute Gasteiger partial charge is 0.504 e. The van der Waals surface area contributed by atoms with Gasteiger partial charge in [0.25, 0.3) is 5.91 Å². The number of carbonyl (C=O) groups is 1. The van der Waals surface area contributed by atoms with Crippen molar-refractivity contribution in [1.29, 1.82) is 0 Å². The molecule has 0 aromatic heterocycles.